The van der Waals surface area contributed by atoms with Crippen molar-refractivity contribution in [2.45, 2.75) is 24.8 Å². The molecule has 2 aromatic carbocycles. The summed E-state index contributed by atoms with van der Waals surface area (Å²) in [6.07, 6.45) is 2.17. The van der Waals surface area contributed by atoms with E-state index in [0.717, 1.165) is 6.42 Å². The summed E-state index contributed by atoms with van der Waals surface area (Å²) in [7, 11) is 2.02. The van der Waals surface area contributed by atoms with Crippen LogP contribution in [0.2, 0.25) is 0 Å². The summed E-state index contributed by atoms with van der Waals surface area (Å²) in [5.41, 5.74) is 2.60. The van der Waals surface area contributed by atoms with Crippen LogP contribution in [-0.2, 0) is 6.42 Å². The predicted octanol–water partition coefficient (Wildman–Crippen LogP) is 4.52. The fourth-order valence-electron chi connectivity index (χ4n) is 3.13. The minimum absolute atomic E-state index is 0.201. The van der Waals surface area contributed by atoms with Crippen LogP contribution in [0.4, 0.5) is 4.39 Å². The van der Waals surface area contributed by atoms with E-state index >= 15 is 0 Å². The van der Waals surface area contributed by atoms with E-state index in [-0.39, 0.29) is 5.82 Å². The number of likely N-dealkylation sites (N-methyl/N-ethyl adjacent to an activating group) is 1. The molecule has 0 bridgehead atoms. The van der Waals surface area contributed by atoms with Crippen LogP contribution in [-0.4, -0.2) is 13.1 Å². The van der Waals surface area contributed by atoms with Crippen molar-refractivity contribution in [3.63, 3.8) is 0 Å². The first-order valence-electron chi connectivity index (χ1n) is 7.35. The summed E-state index contributed by atoms with van der Waals surface area (Å²) in [6.45, 7) is 0. The Morgan fingerprint density at radius 1 is 1.24 bits per heavy atom. The molecular formula is C18H19BrFN. The molecule has 2 aromatic rings. The van der Waals surface area contributed by atoms with Crippen LogP contribution < -0.4 is 5.32 Å². The minimum atomic E-state index is -0.201. The summed E-state index contributed by atoms with van der Waals surface area (Å²) in [5.74, 6) is 1.13. The maximum absolute atomic E-state index is 13.3. The van der Waals surface area contributed by atoms with E-state index in [9.17, 15) is 4.39 Å². The molecule has 1 saturated carbocycles. The molecule has 110 valence electrons. The number of nitrogens with one attached hydrogen (secondary N) is 1. The molecule has 3 atom stereocenters. The second-order valence-corrected chi connectivity index (χ2v) is 6.62. The van der Waals surface area contributed by atoms with Gasteiger partial charge in [-0.2, -0.15) is 0 Å². The molecule has 0 spiro atoms. The van der Waals surface area contributed by atoms with Crippen LogP contribution in [0.1, 0.15) is 23.5 Å². The van der Waals surface area contributed by atoms with Crippen LogP contribution in [0.5, 0.6) is 0 Å². The van der Waals surface area contributed by atoms with Crippen molar-refractivity contribution in [2.24, 2.45) is 5.92 Å². The smallest absolute Gasteiger partial charge is 0.137 e. The van der Waals surface area contributed by atoms with E-state index in [1.54, 1.807) is 0 Å². The Kier molecular flexibility index (Phi) is 4.41. The number of rotatable bonds is 5. The topological polar surface area (TPSA) is 12.0 Å². The van der Waals surface area contributed by atoms with Gasteiger partial charge in [0.1, 0.15) is 5.82 Å². The van der Waals surface area contributed by atoms with Crippen LogP contribution >= 0.6 is 15.9 Å². The SMILES string of the molecule is CNC(Cc1ccc(F)c(Br)c1)C1CC1c1ccccc1. The molecule has 1 aliphatic rings. The van der Waals surface area contributed by atoms with E-state index in [1.165, 1.54) is 23.6 Å². The van der Waals surface area contributed by atoms with Crippen molar-refractivity contribution < 1.29 is 4.39 Å². The van der Waals surface area contributed by atoms with Crippen LogP contribution in [0, 0.1) is 11.7 Å². The van der Waals surface area contributed by atoms with Gasteiger partial charge in [-0.15, -0.1) is 0 Å². The van der Waals surface area contributed by atoms with E-state index in [4.69, 9.17) is 0 Å². The standard InChI is InChI=1S/C18H19BrFN/c1-21-18(10-12-7-8-17(20)16(19)9-12)15-11-14(15)13-5-3-2-4-6-13/h2-9,14-15,18,21H,10-11H2,1H3. The first-order chi connectivity index (χ1) is 10.2. The lowest BCUT2D eigenvalue weighted by Crippen LogP contribution is -2.30. The Hall–Kier alpha value is -1.19. The lowest BCUT2D eigenvalue weighted by Gasteiger charge is -2.17. The second kappa shape index (κ2) is 6.29. The molecule has 1 N–H and O–H groups in total. The summed E-state index contributed by atoms with van der Waals surface area (Å²) in [5, 5.41) is 3.44. The van der Waals surface area contributed by atoms with Gasteiger partial charge in [0.15, 0.2) is 0 Å². The Labute approximate surface area is 133 Å². The number of hydrogen-bond acceptors (Lipinski definition) is 1. The van der Waals surface area contributed by atoms with Crippen LogP contribution in [0.3, 0.4) is 0 Å². The molecule has 1 nitrogen and oxygen atoms in total. The average molecular weight is 348 g/mol. The quantitative estimate of drug-likeness (QED) is 0.838. The molecule has 3 heteroatoms. The minimum Gasteiger partial charge on any atom is -0.316 e. The molecule has 21 heavy (non-hydrogen) atoms. The summed E-state index contributed by atoms with van der Waals surface area (Å²) < 4.78 is 13.9. The molecule has 0 saturated heterocycles. The maximum Gasteiger partial charge on any atom is 0.137 e. The predicted molar refractivity (Wildman–Crippen MR) is 87.9 cm³/mol. The number of hydrogen-bond donors (Lipinski definition) is 1. The molecule has 1 fully saturated rings. The average Bonchev–Trinajstić information content (AvgIpc) is 3.30. The third-order valence-electron chi connectivity index (χ3n) is 4.39. The number of halogens is 2. The Balaban J connectivity index is 1.68. The highest BCUT2D eigenvalue weighted by Gasteiger charge is 2.42. The highest BCUT2D eigenvalue weighted by molar-refractivity contribution is 9.10. The van der Waals surface area contributed by atoms with Gasteiger partial charge in [0.2, 0.25) is 0 Å². The van der Waals surface area contributed by atoms with Crippen molar-refractivity contribution in [3.8, 4) is 0 Å². The summed E-state index contributed by atoms with van der Waals surface area (Å²) >= 11 is 3.26. The highest BCUT2D eigenvalue weighted by Crippen LogP contribution is 2.50. The summed E-state index contributed by atoms with van der Waals surface area (Å²) in [4.78, 5) is 0. The van der Waals surface area contributed by atoms with Crippen LogP contribution in [0.25, 0.3) is 0 Å². The molecule has 0 radical (unpaired) electrons. The zero-order valence-electron chi connectivity index (χ0n) is 12.0. The second-order valence-electron chi connectivity index (χ2n) is 5.76. The highest BCUT2D eigenvalue weighted by atomic mass is 79.9. The summed E-state index contributed by atoms with van der Waals surface area (Å²) in [6, 6.07) is 16.4. The lowest BCUT2D eigenvalue weighted by atomic mass is 9.99. The Morgan fingerprint density at radius 3 is 2.67 bits per heavy atom. The van der Waals surface area contributed by atoms with Crippen LogP contribution in [0.15, 0.2) is 53.0 Å². The molecule has 3 unspecified atom stereocenters. The van der Waals surface area contributed by atoms with Gasteiger partial charge >= 0.3 is 0 Å². The van der Waals surface area contributed by atoms with Gasteiger partial charge in [-0.1, -0.05) is 36.4 Å². The lowest BCUT2D eigenvalue weighted by molar-refractivity contribution is 0.490. The third-order valence-corrected chi connectivity index (χ3v) is 5.00. The van der Waals surface area contributed by atoms with Crippen molar-refractivity contribution in [3.05, 3.63) is 69.9 Å². The van der Waals surface area contributed by atoms with Gasteiger partial charge in [-0.3, -0.25) is 0 Å². The van der Waals surface area contributed by atoms with E-state index in [1.807, 2.05) is 19.2 Å². The maximum atomic E-state index is 13.3. The van der Waals surface area contributed by atoms with Gasteiger partial charge in [-0.05, 0) is 70.9 Å². The van der Waals surface area contributed by atoms with Crippen molar-refractivity contribution in [1.29, 1.82) is 0 Å². The molecule has 1 aliphatic carbocycles. The van der Waals surface area contributed by atoms with Gasteiger partial charge in [0, 0.05) is 6.04 Å². The first kappa shape index (κ1) is 14.7. The third kappa shape index (κ3) is 3.35. The normalized spacial score (nSPS) is 22.0. The van der Waals surface area contributed by atoms with E-state index in [2.05, 4.69) is 51.6 Å². The van der Waals surface area contributed by atoms with Crippen molar-refractivity contribution in [1.82, 2.24) is 5.32 Å². The largest absolute Gasteiger partial charge is 0.316 e. The zero-order valence-corrected chi connectivity index (χ0v) is 13.6. The van der Waals surface area contributed by atoms with E-state index in [0.29, 0.717) is 22.4 Å². The van der Waals surface area contributed by atoms with Crippen molar-refractivity contribution in [2.75, 3.05) is 7.05 Å². The van der Waals surface area contributed by atoms with Gasteiger partial charge < -0.3 is 5.32 Å². The fraction of sp³-hybridized carbons (Fsp3) is 0.333. The monoisotopic (exact) mass is 347 g/mol. The first-order valence-corrected chi connectivity index (χ1v) is 8.14. The van der Waals surface area contributed by atoms with Crippen molar-refractivity contribution >= 4 is 15.9 Å². The Morgan fingerprint density at radius 2 is 2.00 bits per heavy atom. The molecule has 0 amide bonds. The fourth-order valence-corrected chi connectivity index (χ4v) is 3.56. The molecular weight excluding hydrogens is 329 g/mol. The van der Waals surface area contributed by atoms with Gasteiger partial charge in [0.25, 0.3) is 0 Å². The zero-order chi connectivity index (χ0) is 14.8. The molecule has 0 aliphatic heterocycles. The van der Waals surface area contributed by atoms with E-state index < -0.39 is 0 Å². The number of benzene rings is 2. The molecule has 0 heterocycles. The van der Waals surface area contributed by atoms with Gasteiger partial charge in [-0.25, -0.2) is 4.39 Å². The molecule has 0 aromatic heterocycles. The molecule has 3 rings (SSSR count). The van der Waals surface area contributed by atoms with Gasteiger partial charge in [0.05, 0.1) is 4.47 Å². The Bertz CT molecular complexity index is 614.